The van der Waals surface area contributed by atoms with Gasteiger partial charge < -0.3 is 9.47 Å². The zero-order valence-corrected chi connectivity index (χ0v) is 15.4. The molecule has 8 nitrogen and oxygen atoms in total. The van der Waals surface area contributed by atoms with Crippen molar-refractivity contribution < 1.29 is 19.1 Å². The van der Waals surface area contributed by atoms with E-state index in [1.54, 1.807) is 32.0 Å². The SMILES string of the molecule is CCOC(=O)/C=C/n1c(=O)n2nc(C(=O)OCC)cc2c2ccc(Cl)cc21. The molecule has 3 aromatic rings. The summed E-state index contributed by atoms with van der Waals surface area (Å²) in [5.74, 6) is -1.22. The van der Waals surface area contributed by atoms with Crippen molar-refractivity contribution in [2.24, 2.45) is 0 Å². The van der Waals surface area contributed by atoms with E-state index in [9.17, 15) is 14.4 Å². The number of esters is 2. The Morgan fingerprint density at radius 3 is 2.59 bits per heavy atom. The van der Waals surface area contributed by atoms with Gasteiger partial charge in [-0.1, -0.05) is 11.6 Å². The summed E-state index contributed by atoms with van der Waals surface area (Å²) in [6.45, 7) is 3.76. The fourth-order valence-electron chi connectivity index (χ4n) is 2.62. The minimum atomic E-state index is -0.628. The number of fused-ring (bicyclic) bond motifs is 3. The first kappa shape index (κ1) is 18.7. The lowest BCUT2D eigenvalue weighted by atomic mass is 10.2. The Bertz CT molecular complexity index is 1130. The predicted molar refractivity (Wildman–Crippen MR) is 99.9 cm³/mol. The van der Waals surface area contributed by atoms with Crippen LogP contribution < -0.4 is 5.69 Å². The molecule has 2 heterocycles. The van der Waals surface area contributed by atoms with Gasteiger partial charge in [0.05, 0.1) is 24.2 Å². The summed E-state index contributed by atoms with van der Waals surface area (Å²) in [7, 11) is 0. The molecule has 0 saturated carbocycles. The van der Waals surface area contributed by atoms with E-state index in [1.807, 2.05) is 0 Å². The van der Waals surface area contributed by atoms with E-state index in [0.717, 1.165) is 10.6 Å². The maximum Gasteiger partial charge on any atom is 0.358 e. The third kappa shape index (κ3) is 3.56. The number of carbonyl (C=O) groups excluding carboxylic acids is 2. The zero-order chi connectivity index (χ0) is 19.6. The number of carbonyl (C=O) groups is 2. The highest BCUT2D eigenvalue weighted by molar-refractivity contribution is 6.31. The zero-order valence-electron chi connectivity index (χ0n) is 14.6. The molecule has 140 valence electrons. The van der Waals surface area contributed by atoms with Crippen molar-refractivity contribution in [3.63, 3.8) is 0 Å². The van der Waals surface area contributed by atoms with Crippen LogP contribution in [0.5, 0.6) is 0 Å². The summed E-state index contributed by atoms with van der Waals surface area (Å²) in [6, 6.07) is 6.43. The Morgan fingerprint density at radius 2 is 1.89 bits per heavy atom. The lowest BCUT2D eigenvalue weighted by Gasteiger charge is -2.08. The van der Waals surface area contributed by atoms with E-state index in [0.29, 0.717) is 21.4 Å². The average molecular weight is 390 g/mol. The van der Waals surface area contributed by atoms with Crippen LogP contribution in [0.15, 0.2) is 35.1 Å². The van der Waals surface area contributed by atoms with Crippen LogP contribution in [0.3, 0.4) is 0 Å². The molecule has 0 amide bonds. The van der Waals surface area contributed by atoms with E-state index >= 15 is 0 Å². The van der Waals surface area contributed by atoms with Gasteiger partial charge in [-0.05, 0) is 38.1 Å². The van der Waals surface area contributed by atoms with Crippen molar-refractivity contribution in [1.29, 1.82) is 0 Å². The molecule has 0 spiro atoms. The first-order valence-electron chi connectivity index (χ1n) is 8.21. The maximum atomic E-state index is 12.9. The molecule has 1 aromatic carbocycles. The van der Waals surface area contributed by atoms with Gasteiger partial charge in [-0.15, -0.1) is 0 Å². The van der Waals surface area contributed by atoms with Crippen molar-refractivity contribution in [3.8, 4) is 0 Å². The highest BCUT2D eigenvalue weighted by Crippen LogP contribution is 2.23. The Hall–Kier alpha value is -3.13. The number of nitrogens with zero attached hydrogens (tertiary/aromatic N) is 3. The van der Waals surface area contributed by atoms with Gasteiger partial charge in [-0.2, -0.15) is 9.61 Å². The smallest absolute Gasteiger partial charge is 0.358 e. The Kier molecular flexibility index (Phi) is 5.27. The van der Waals surface area contributed by atoms with Crippen molar-refractivity contribution in [3.05, 3.63) is 51.5 Å². The van der Waals surface area contributed by atoms with E-state index in [-0.39, 0.29) is 18.9 Å². The number of hydrogen-bond acceptors (Lipinski definition) is 6. The average Bonchev–Trinajstić information content (AvgIpc) is 3.08. The predicted octanol–water partition coefficient (Wildman–Crippen LogP) is 2.51. The van der Waals surface area contributed by atoms with Gasteiger partial charge in [0.15, 0.2) is 5.69 Å². The minimum Gasteiger partial charge on any atom is -0.463 e. The first-order valence-corrected chi connectivity index (χ1v) is 8.59. The Labute approximate surface area is 158 Å². The summed E-state index contributed by atoms with van der Waals surface area (Å²) in [5.41, 5.74) is 0.319. The quantitative estimate of drug-likeness (QED) is 0.492. The molecule has 0 aliphatic rings. The second-order valence-corrected chi connectivity index (χ2v) is 5.87. The molecule has 0 saturated heterocycles. The summed E-state index contributed by atoms with van der Waals surface area (Å²) in [5, 5.41) is 5.09. The summed E-state index contributed by atoms with van der Waals surface area (Å²) in [4.78, 5) is 36.5. The van der Waals surface area contributed by atoms with Crippen LogP contribution in [-0.2, 0) is 14.3 Å². The van der Waals surface area contributed by atoms with Gasteiger partial charge in [0.25, 0.3) is 0 Å². The van der Waals surface area contributed by atoms with Crippen LogP contribution >= 0.6 is 11.6 Å². The second kappa shape index (κ2) is 7.63. The lowest BCUT2D eigenvalue weighted by Crippen LogP contribution is -2.25. The van der Waals surface area contributed by atoms with Crippen molar-refractivity contribution >= 4 is 46.2 Å². The Morgan fingerprint density at radius 1 is 1.15 bits per heavy atom. The molecule has 0 aliphatic carbocycles. The van der Waals surface area contributed by atoms with Crippen molar-refractivity contribution in [1.82, 2.24) is 14.2 Å². The van der Waals surface area contributed by atoms with Crippen LogP contribution in [0.1, 0.15) is 24.3 Å². The van der Waals surface area contributed by atoms with E-state index in [4.69, 9.17) is 21.1 Å². The number of aromatic nitrogens is 3. The fraction of sp³-hybridized carbons (Fsp3) is 0.222. The highest BCUT2D eigenvalue weighted by Gasteiger charge is 2.17. The third-order valence-corrected chi connectivity index (χ3v) is 3.96. The summed E-state index contributed by atoms with van der Waals surface area (Å²) >= 11 is 6.08. The second-order valence-electron chi connectivity index (χ2n) is 5.43. The third-order valence-electron chi connectivity index (χ3n) is 3.72. The monoisotopic (exact) mass is 389 g/mol. The standard InChI is InChI=1S/C18H16ClN3O5/c1-3-26-16(23)7-8-21-14-9-11(19)5-6-12(14)15-10-13(17(24)27-4-2)20-22(15)18(21)25/h5-10H,3-4H2,1-2H3/b8-7+. The fourth-order valence-corrected chi connectivity index (χ4v) is 2.79. The molecule has 9 heteroatoms. The molecule has 0 aliphatic heterocycles. The number of rotatable bonds is 5. The Balaban J connectivity index is 2.28. The van der Waals surface area contributed by atoms with Gasteiger partial charge >= 0.3 is 17.6 Å². The van der Waals surface area contributed by atoms with Crippen LogP contribution in [-0.4, -0.2) is 39.3 Å². The molecule has 0 atom stereocenters. The first-order chi connectivity index (χ1) is 13.0. The van der Waals surface area contributed by atoms with Gasteiger partial charge in [0.2, 0.25) is 0 Å². The van der Waals surface area contributed by atoms with Crippen LogP contribution in [0.2, 0.25) is 5.02 Å². The largest absolute Gasteiger partial charge is 0.463 e. The van der Waals surface area contributed by atoms with Crippen LogP contribution in [0.25, 0.3) is 22.6 Å². The van der Waals surface area contributed by atoms with E-state index in [1.165, 1.54) is 16.8 Å². The van der Waals surface area contributed by atoms with Gasteiger partial charge in [-0.3, -0.25) is 4.57 Å². The van der Waals surface area contributed by atoms with Crippen LogP contribution in [0, 0.1) is 0 Å². The normalized spacial score (nSPS) is 11.4. The molecule has 0 radical (unpaired) electrons. The maximum absolute atomic E-state index is 12.9. The minimum absolute atomic E-state index is 0.0114. The number of hydrogen-bond donors (Lipinski definition) is 0. The van der Waals surface area contributed by atoms with Crippen molar-refractivity contribution in [2.45, 2.75) is 13.8 Å². The van der Waals surface area contributed by atoms with E-state index in [2.05, 4.69) is 5.10 Å². The highest BCUT2D eigenvalue weighted by atomic mass is 35.5. The molecule has 3 rings (SSSR count). The van der Waals surface area contributed by atoms with E-state index < -0.39 is 17.6 Å². The molecule has 2 aromatic heterocycles. The van der Waals surface area contributed by atoms with Gasteiger partial charge in [0.1, 0.15) is 0 Å². The summed E-state index contributed by atoms with van der Waals surface area (Å²) < 4.78 is 12.1. The molecule has 0 bridgehead atoms. The molecule has 0 unspecified atom stereocenters. The molecule has 0 N–H and O–H groups in total. The van der Waals surface area contributed by atoms with Crippen LogP contribution in [0.4, 0.5) is 0 Å². The molecule has 27 heavy (non-hydrogen) atoms. The van der Waals surface area contributed by atoms with Crippen molar-refractivity contribution in [2.75, 3.05) is 13.2 Å². The summed E-state index contributed by atoms with van der Waals surface area (Å²) in [6.07, 6.45) is 2.41. The molecular weight excluding hydrogens is 374 g/mol. The van der Waals surface area contributed by atoms with Gasteiger partial charge in [-0.25, -0.2) is 14.4 Å². The number of halogens is 1. The topological polar surface area (TPSA) is 91.9 Å². The van der Waals surface area contributed by atoms with Gasteiger partial charge in [0, 0.05) is 22.7 Å². The molecule has 0 fully saturated rings. The number of benzene rings is 1. The molecular formula is C18H16ClN3O5. The number of ether oxygens (including phenoxy) is 2. The lowest BCUT2D eigenvalue weighted by molar-refractivity contribution is -0.137.